The lowest BCUT2D eigenvalue weighted by Crippen LogP contribution is -2.67. The highest BCUT2D eigenvalue weighted by Crippen LogP contribution is 2.70. The minimum atomic E-state index is -1.01. The van der Waals surface area contributed by atoms with Crippen LogP contribution in [0.5, 0.6) is 0 Å². The minimum Gasteiger partial charge on any atom is -0.461 e. The Balaban J connectivity index is 0.710. The quantitative estimate of drug-likeness (QED) is 0.147. The Bertz CT molecular complexity index is 1880. The lowest BCUT2D eigenvalue weighted by Gasteiger charge is -2.65. The molecule has 374 valence electrons. The van der Waals surface area contributed by atoms with Gasteiger partial charge in [0, 0.05) is 50.3 Å². The van der Waals surface area contributed by atoms with E-state index in [2.05, 4.69) is 11.8 Å². The zero-order valence-corrected chi connectivity index (χ0v) is 40.2. The fraction of sp³-hybridized carbons (Fsp3) is 0.808. The number of nitrogens with zero attached hydrogens (tertiary/aromatic N) is 1. The van der Waals surface area contributed by atoms with E-state index in [-0.39, 0.29) is 73.4 Å². The molecule has 1 aromatic rings. The molecule has 4 N–H and O–H groups in total. The molecule has 8 aliphatic rings. The number of hydrogen-bond acceptors (Lipinski definition) is 15. The zero-order chi connectivity index (χ0) is 47.3. The van der Waals surface area contributed by atoms with Gasteiger partial charge in [-0.15, -0.1) is 0 Å². The number of carbonyl (C=O) groups excluding carboxylic acids is 2. The molecular formula is C52H77NO14. The van der Waals surface area contributed by atoms with E-state index in [0.29, 0.717) is 44.6 Å². The second-order valence-electron chi connectivity index (χ2n) is 22.0. The Morgan fingerprint density at radius 2 is 1.51 bits per heavy atom. The van der Waals surface area contributed by atoms with Crippen molar-refractivity contribution in [1.29, 1.82) is 0 Å². The van der Waals surface area contributed by atoms with Gasteiger partial charge in [-0.1, -0.05) is 44.2 Å². The fourth-order valence-corrected chi connectivity index (χ4v) is 14.3. The normalized spacial score (nSPS) is 45.8. The minimum absolute atomic E-state index is 0.0414. The van der Waals surface area contributed by atoms with E-state index in [0.717, 1.165) is 62.8 Å². The predicted octanol–water partition coefficient (Wildman–Crippen LogP) is 5.32. The molecule has 15 heteroatoms. The Labute approximate surface area is 396 Å². The molecule has 0 radical (unpaired) electrons. The summed E-state index contributed by atoms with van der Waals surface area (Å²) in [6.07, 6.45) is 3.23. The first-order chi connectivity index (χ1) is 32.0. The van der Waals surface area contributed by atoms with E-state index in [1.807, 2.05) is 58.0 Å². The number of aliphatic hydroxyl groups excluding tert-OH is 3. The molecule has 7 fully saturated rings. The van der Waals surface area contributed by atoms with Crippen LogP contribution in [-0.2, 0) is 54.1 Å². The summed E-state index contributed by atoms with van der Waals surface area (Å²) in [7, 11) is 0. The van der Waals surface area contributed by atoms with E-state index >= 15 is 0 Å². The van der Waals surface area contributed by atoms with Crippen molar-refractivity contribution >= 4 is 11.9 Å². The third kappa shape index (κ3) is 10.0. The number of rotatable bonds is 13. The van der Waals surface area contributed by atoms with Gasteiger partial charge < -0.3 is 63.2 Å². The molecule has 0 bridgehead atoms. The van der Waals surface area contributed by atoms with Crippen LogP contribution in [0.15, 0.2) is 42.0 Å². The average Bonchev–Trinajstić information content (AvgIpc) is 3.78. The summed E-state index contributed by atoms with van der Waals surface area (Å²) in [5.74, 6) is 0.000402. The summed E-state index contributed by atoms with van der Waals surface area (Å²) < 4.78 is 49.0. The van der Waals surface area contributed by atoms with Crippen molar-refractivity contribution in [3.05, 3.63) is 47.5 Å². The van der Waals surface area contributed by atoms with Gasteiger partial charge in [0.15, 0.2) is 18.9 Å². The molecule has 4 aliphatic heterocycles. The van der Waals surface area contributed by atoms with Gasteiger partial charge in [-0.2, -0.15) is 0 Å². The molecule has 4 aliphatic carbocycles. The number of aliphatic hydroxyl groups is 4. The third-order valence-electron chi connectivity index (χ3n) is 18.0. The van der Waals surface area contributed by atoms with Gasteiger partial charge in [0.1, 0.15) is 25.4 Å². The molecule has 1 aromatic carbocycles. The molecular weight excluding hydrogens is 863 g/mol. The summed E-state index contributed by atoms with van der Waals surface area (Å²) in [6.45, 7) is 12.8. The van der Waals surface area contributed by atoms with Crippen molar-refractivity contribution < 1.29 is 67.9 Å². The number of benzene rings is 1. The molecule has 0 spiro atoms. The van der Waals surface area contributed by atoms with E-state index in [4.69, 9.17) is 37.9 Å². The maximum absolute atomic E-state index is 12.6. The number of cyclic esters (lactones) is 1. The molecule has 0 aromatic heterocycles. The van der Waals surface area contributed by atoms with Gasteiger partial charge in [-0.3, -0.25) is 4.79 Å². The van der Waals surface area contributed by atoms with Crippen LogP contribution in [0.4, 0.5) is 0 Å². The number of ether oxygens (including phenoxy) is 8. The van der Waals surface area contributed by atoms with Crippen LogP contribution in [0, 0.1) is 34.5 Å². The van der Waals surface area contributed by atoms with Crippen LogP contribution in [-0.4, -0.2) is 143 Å². The first kappa shape index (κ1) is 49.4. The Hall–Kier alpha value is -2.54. The monoisotopic (exact) mass is 940 g/mol. The first-order valence-electron chi connectivity index (χ1n) is 25.5. The molecule has 9 rings (SSSR count). The van der Waals surface area contributed by atoms with Crippen LogP contribution in [0.2, 0.25) is 0 Å². The summed E-state index contributed by atoms with van der Waals surface area (Å²) in [5, 5.41) is 47.4. The van der Waals surface area contributed by atoms with Crippen LogP contribution < -0.4 is 0 Å². The van der Waals surface area contributed by atoms with Gasteiger partial charge in [-0.05, 0) is 125 Å². The van der Waals surface area contributed by atoms with Crippen molar-refractivity contribution in [2.45, 2.75) is 204 Å². The largest absolute Gasteiger partial charge is 0.461 e. The molecule has 4 saturated carbocycles. The second-order valence-corrected chi connectivity index (χ2v) is 22.0. The molecule has 15 nitrogen and oxygen atoms in total. The maximum Gasteiger partial charge on any atom is 0.331 e. The Kier molecular flexibility index (Phi) is 15.0. The molecule has 0 amide bonds. The molecule has 0 unspecified atom stereocenters. The zero-order valence-electron chi connectivity index (χ0n) is 40.2. The van der Waals surface area contributed by atoms with Crippen LogP contribution in [0.3, 0.4) is 0 Å². The highest BCUT2D eigenvalue weighted by Gasteiger charge is 2.71. The van der Waals surface area contributed by atoms with Gasteiger partial charge in [-0.25, -0.2) is 4.79 Å². The second kappa shape index (κ2) is 20.3. The first-order valence-corrected chi connectivity index (χ1v) is 25.5. The average molecular weight is 940 g/mol. The van der Waals surface area contributed by atoms with Crippen molar-refractivity contribution in [1.82, 2.24) is 4.90 Å². The Morgan fingerprint density at radius 1 is 0.806 bits per heavy atom. The van der Waals surface area contributed by atoms with E-state index in [1.165, 1.54) is 0 Å². The van der Waals surface area contributed by atoms with Gasteiger partial charge in [0.25, 0.3) is 0 Å². The Morgan fingerprint density at radius 3 is 2.19 bits per heavy atom. The molecule has 4 heterocycles. The van der Waals surface area contributed by atoms with Crippen LogP contribution >= 0.6 is 0 Å². The van der Waals surface area contributed by atoms with Crippen molar-refractivity contribution in [2.24, 2.45) is 34.5 Å². The molecule has 67 heavy (non-hydrogen) atoms. The topological polar surface area (TPSA) is 192 Å². The van der Waals surface area contributed by atoms with E-state index in [1.54, 1.807) is 6.08 Å². The van der Waals surface area contributed by atoms with Gasteiger partial charge >= 0.3 is 11.9 Å². The number of fused-ring (bicyclic) bond motifs is 5. The lowest BCUT2D eigenvalue weighted by molar-refractivity contribution is -0.329. The molecule has 19 atom stereocenters. The highest BCUT2D eigenvalue weighted by molar-refractivity contribution is 5.85. The van der Waals surface area contributed by atoms with Crippen molar-refractivity contribution in [3.8, 4) is 0 Å². The summed E-state index contributed by atoms with van der Waals surface area (Å²) >= 11 is 0. The third-order valence-corrected chi connectivity index (χ3v) is 18.0. The summed E-state index contributed by atoms with van der Waals surface area (Å²) in [6, 6.07) is 9.66. The smallest absolute Gasteiger partial charge is 0.331 e. The van der Waals surface area contributed by atoms with Crippen molar-refractivity contribution in [2.75, 3.05) is 26.2 Å². The fourth-order valence-electron chi connectivity index (χ4n) is 14.3. The standard InChI is InChI=1S/C52H77NO14/c1-30-27-53(20-9-12-43(57)60-28-33-10-7-6-8-11-33)21-17-45(62-30)66-48-31(2)64-47(26-41(48)55)67-49-32(3)63-46(25-40(49)54)65-36-15-18-50(4)35(23-36)13-14-38-39(50)24-42(56)51(5)37(16-19-52(38,51)59)34-22-44(58)61-29-34/h6-8,10-11,22,30-32,35-42,45-49,54-56,59H,9,12-21,23-29H2,1-5H3/t30-,31-,32-,35-,36+,37-,38-,39+,40+,41+,42-,45+,46+,47+,48-,49-,50+,51+,52+/m1/s1. The van der Waals surface area contributed by atoms with Crippen LogP contribution in [0.1, 0.15) is 124 Å². The predicted molar refractivity (Wildman–Crippen MR) is 243 cm³/mol. The van der Waals surface area contributed by atoms with Gasteiger partial charge in [0.05, 0.1) is 48.3 Å². The van der Waals surface area contributed by atoms with E-state index in [9.17, 15) is 30.0 Å². The number of carbonyl (C=O) groups is 2. The summed E-state index contributed by atoms with van der Waals surface area (Å²) in [4.78, 5) is 26.6. The number of hydrogen-bond donors (Lipinski definition) is 4. The number of esters is 2. The van der Waals surface area contributed by atoms with Gasteiger partial charge in [0.2, 0.25) is 0 Å². The lowest BCUT2D eigenvalue weighted by atomic mass is 9.42. The van der Waals surface area contributed by atoms with E-state index < -0.39 is 72.6 Å². The SMILES string of the molecule is C[C@@H]1CN(CCCC(=O)OCc2ccccc2)CC[C@H](O[C@H]2[C@@H](O)C[C@H](O[C@H]3[C@@H](O)C[C@H](O[C@H]4CC[C@@]5(C)[C@H](CC[C@@H]6[C@@H]5C[C@@H](O)[C@]5(C)[C@@H](C7=CC(=O)OC7)CC[C@]65O)C4)O[C@@H]3C)O[C@@H]2C)O1. The molecule has 3 saturated heterocycles. The van der Waals surface area contributed by atoms with Crippen molar-refractivity contribution in [3.63, 3.8) is 0 Å². The highest BCUT2D eigenvalue weighted by atomic mass is 16.7. The summed E-state index contributed by atoms with van der Waals surface area (Å²) in [5.41, 5.74) is 0.0756. The van der Waals surface area contributed by atoms with Crippen LogP contribution in [0.25, 0.3) is 0 Å². The maximum atomic E-state index is 12.6.